The van der Waals surface area contributed by atoms with Crippen LogP contribution in [-0.4, -0.2) is 43.7 Å². The van der Waals surface area contributed by atoms with Crippen molar-refractivity contribution in [2.75, 3.05) is 42.9 Å². The maximum Gasteiger partial charge on any atom is 0.280 e. The van der Waals surface area contributed by atoms with E-state index in [2.05, 4.69) is 16.3 Å². The molecule has 1 saturated heterocycles. The van der Waals surface area contributed by atoms with E-state index in [9.17, 15) is 15.2 Å². The van der Waals surface area contributed by atoms with Gasteiger partial charge in [0.25, 0.3) is 5.91 Å². The lowest BCUT2D eigenvalue weighted by atomic mass is 9.96. The van der Waals surface area contributed by atoms with Gasteiger partial charge in [0.15, 0.2) is 6.54 Å². The van der Waals surface area contributed by atoms with Crippen molar-refractivity contribution in [3.05, 3.63) is 40.3 Å². The molecule has 2 aromatic rings. The minimum atomic E-state index is -0.0268. The average Bonchev–Trinajstić information content (AvgIpc) is 3.06. The van der Waals surface area contributed by atoms with Crippen LogP contribution in [0.15, 0.2) is 24.3 Å². The van der Waals surface area contributed by atoms with Crippen LogP contribution < -0.4 is 15.1 Å². The molecule has 0 unspecified atom stereocenters. The molecule has 2 aliphatic rings. The van der Waals surface area contributed by atoms with Crippen molar-refractivity contribution in [1.82, 2.24) is 0 Å². The summed E-state index contributed by atoms with van der Waals surface area (Å²) in [7, 11) is 0. The number of nitrogens with zero attached hydrogens (tertiary/aromatic N) is 2. The lowest BCUT2D eigenvalue weighted by Gasteiger charge is -2.33. The van der Waals surface area contributed by atoms with Gasteiger partial charge in [-0.25, -0.2) is 0 Å². The molecule has 146 valence electrons. The molecule has 3 N–H and O–H groups in total. The molecule has 0 saturated carbocycles. The molecule has 0 spiro atoms. The lowest BCUT2D eigenvalue weighted by Crippen LogP contribution is -3.15. The Balaban J connectivity index is 1.34. The number of carbonyl (C=O) groups excluding carboxylic acids is 1. The number of hydrogen-bond donors (Lipinski definition) is 3. The molecule has 28 heavy (non-hydrogen) atoms. The number of carbonyl (C=O) groups is 1. The van der Waals surface area contributed by atoms with Crippen LogP contribution in [0.5, 0.6) is 5.75 Å². The van der Waals surface area contributed by atoms with Crippen molar-refractivity contribution in [3.63, 3.8) is 0 Å². The van der Waals surface area contributed by atoms with E-state index in [0.29, 0.717) is 17.9 Å². The minimum Gasteiger partial charge on any atom is -0.506 e. The van der Waals surface area contributed by atoms with Crippen molar-refractivity contribution in [3.8, 4) is 11.8 Å². The van der Waals surface area contributed by atoms with Crippen molar-refractivity contribution in [1.29, 1.82) is 5.26 Å². The third-order valence-corrected chi connectivity index (χ3v) is 6.85. The Hall–Kier alpha value is -2.56. The maximum atomic E-state index is 12.6. The van der Waals surface area contributed by atoms with Crippen LogP contribution in [0.1, 0.15) is 28.8 Å². The van der Waals surface area contributed by atoms with Crippen LogP contribution in [-0.2, 0) is 17.6 Å². The first-order valence-corrected chi connectivity index (χ1v) is 10.7. The number of phenols is 1. The summed E-state index contributed by atoms with van der Waals surface area (Å²) in [4.78, 5) is 17.2. The third-order valence-electron chi connectivity index (χ3n) is 5.64. The molecular formula is C21H25N4O2S+. The number of nitriles is 1. The lowest BCUT2D eigenvalue weighted by molar-refractivity contribution is -0.892. The zero-order chi connectivity index (χ0) is 19.5. The van der Waals surface area contributed by atoms with Gasteiger partial charge in [-0.1, -0.05) is 12.1 Å². The first-order valence-electron chi connectivity index (χ1n) is 9.86. The van der Waals surface area contributed by atoms with E-state index in [1.165, 1.54) is 9.78 Å². The fraction of sp³-hybridized carbons (Fsp3) is 0.429. The van der Waals surface area contributed by atoms with Gasteiger partial charge in [0.2, 0.25) is 0 Å². The number of piperazine rings is 1. The van der Waals surface area contributed by atoms with E-state index in [-0.39, 0.29) is 5.91 Å². The molecule has 1 aromatic heterocycles. The Kier molecular flexibility index (Phi) is 5.51. The Morgan fingerprint density at radius 2 is 2.00 bits per heavy atom. The van der Waals surface area contributed by atoms with Gasteiger partial charge in [-0.3, -0.25) is 4.79 Å². The second kappa shape index (κ2) is 8.21. The highest BCUT2D eigenvalue weighted by atomic mass is 32.1. The number of nitrogens with one attached hydrogen (secondary N) is 2. The van der Waals surface area contributed by atoms with Gasteiger partial charge in [-0.05, 0) is 43.4 Å². The SMILES string of the molecule is N#Cc1c(NC(=O)C[NH+]2CCN(c3ccccc3O)CC2)sc2c1CCCC2. The second-order valence-corrected chi connectivity index (χ2v) is 8.58. The monoisotopic (exact) mass is 397 g/mol. The number of rotatable bonds is 4. The van der Waals surface area contributed by atoms with Gasteiger partial charge in [0.1, 0.15) is 16.8 Å². The van der Waals surface area contributed by atoms with E-state index < -0.39 is 0 Å². The number of amides is 1. The van der Waals surface area contributed by atoms with E-state index in [4.69, 9.17) is 0 Å². The number of aryl methyl sites for hydroxylation is 1. The zero-order valence-electron chi connectivity index (χ0n) is 15.8. The normalized spacial score (nSPS) is 17.0. The molecule has 1 fully saturated rings. The topological polar surface area (TPSA) is 80.8 Å². The van der Waals surface area contributed by atoms with Crippen LogP contribution in [0, 0.1) is 11.3 Å². The first-order chi connectivity index (χ1) is 13.7. The Morgan fingerprint density at radius 3 is 2.75 bits per heavy atom. The third kappa shape index (κ3) is 3.84. The predicted molar refractivity (Wildman–Crippen MR) is 110 cm³/mol. The number of benzene rings is 1. The molecule has 6 nitrogen and oxygen atoms in total. The fourth-order valence-electron chi connectivity index (χ4n) is 4.14. The molecule has 1 aliphatic carbocycles. The molecule has 1 aliphatic heterocycles. The Morgan fingerprint density at radius 1 is 1.25 bits per heavy atom. The Bertz CT molecular complexity index is 910. The van der Waals surface area contributed by atoms with Gasteiger partial charge in [0.05, 0.1) is 37.4 Å². The summed E-state index contributed by atoms with van der Waals surface area (Å²) in [6.45, 7) is 3.69. The van der Waals surface area contributed by atoms with Crippen molar-refractivity contribution in [2.24, 2.45) is 0 Å². The van der Waals surface area contributed by atoms with E-state index in [1.54, 1.807) is 17.4 Å². The van der Waals surface area contributed by atoms with Gasteiger partial charge in [0, 0.05) is 4.88 Å². The largest absolute Gasteiger partial charge is 0.506 e. The fourth-order valence-corrected chi connectivity index (χ4v) is 5.40. The summed E-state index contributed by atoms with van der Waals surface area (Å²) >= 11 is 1.58. The zero-order valence-corrected chi connectivity index (χ0v) is 16.6. The number of quaternary nitrogens is 1. The molecule has 2 heterocycles. The molecule has 0 radical (unpaired) electrons. The summed E-state index contributed by atoms with van der Waals surface area (Å²) in [5, 5.41) is 23.3. The molecule has 7 heteroatoms. The molecule has 0 bridgehead atoms. The highest BCUT2D eigenvalue weighted by molar-refractivity contribution is 7.16. The summed E-state index contributed by atoms with van der Waals surface area (Å²) in [6, 6.07) is 9.68. The van der Waals surface area contributed by atoms with Crippen LogP contribution >= 0.6 is 11.3 Å². The van der Waals surface area contributed by atoms with Crippen LogP contribution in [0.4, 0.5) is 10.7 Å². The highest BCUT2D eigenvalue weighted by Crippen LogP contribution is 2.37. The number of para-hydroxylation sites is 2. The smallest absolute Gasteiger partial charge is 0.280 e. The maximum absolute atomic E-state index is 12.6. The number of aromatic hydroxyl groups is 1. The number of phenolic OH excluding ortho intramolecular Hbond substituents is 1. The van der Waals surface area contributed by atoms with E-state index >= 15 is 0 Å². The first kappa shape index (κ1) is 18.8. The van der Waals surface area contributed by atoms with Gasteiger partial charge in [-0.15, -0.1) is 11.3 Å². The number of thiophene rings is 1. The van der Waals surface area contributed by atoms with Crippen molar-refractivity contribution >= 4 is 27.9 Å². The summed E-state index contributed by atoms with van der Waals surface area (Å²) in [6.07, 6.45) is 4.25. The van der Waals surface area contributed by atoms with Gasteiger partial charge >= 0.3 is 0 Å². The summed E-state index contributed by atoms with van der Waals surface area (Å²) < 4.78 is 0. The molecular weight excluding hydrogens is 372 g/mol. The highest BCUT2D eigenvalue weighted by Gasteiger charge is 2.26. The van der Waals surface area contributed by atoms with Gasteiger partial charge < -0.3 is 20.2 Å². The van der Waals surface area contributed by atoms with Crippen LogP contribution in [0.2, 0.25) is 0 Å². The van der Waals surface area contributed by atoms with Crippen molar-refractivity contribution in [2.45, 2.75) is 25.7 Å². The second-order valence-electron chi connectivity index (χ2n) is 7.48. The molecule has 1 amide bonds. The standard InChI is InChI=1S/C21H24N4O2S/c22-13-16-15-5-1-4-8-19(15)28-21(16)23-20(27)14-24-9-11-25(12-10-24)17-6-2-3-7-18(17)26/h2-3,6-7,26H,1,4-5,8-12,14H2,(H,23,27)/p+1. The van der Waals surface area contributed by atoms with E-state index in [0.717, 1.165) is 68.1 Å². The van der Waals surface area contributed by atoms with Crippen molar-refractivity contribution < 1.29 is 14.8 Å². The number of fused-ring (bicyclic) bond motifs is 1. The number of hydrogen-bond acceptors (Lipinski definition) is 5. The minimum absolute atomic E-state index is 0.0268. The van der Waals surface area contributed by atoms with Crippen LogP contribution in [0.25, 0.3) is 0 Å². The van der Waals surface area contributed by atoms with Crippen LogP contribution in [0.3, 0.4) is 0 Å². The number of anilines is 2. The molecule has 0 atom stereocenters. The van der Waals surface area contributed by atoms with E-state index in [1.807, 2.05) is 18.2 Å². The average molecular weight is 398 g/mol. The molecule has 4 rings (SSSR count). The Labute approximate surface area is 169 Å². The predicted octanol–water partition coefficient (Wildman–Crippen LogP) is 1.55. The molecule has 1 aromatic carbocycles. The summed E-state index contributed by atoms with van der Waals surface area (Å²) in [5.74, 6) is 0.274. The quantitative estimate of drug-likeness (QED) is 0.731. The summed E-state index contributed by atoms with van der Waals surface area (Å²) in [5.41, 5.74) is 2.68. The van der Waals surface area contributed by atoms with Gasteiger partial charge in [-0.2, -0.15) is 5.26 Å².